The highest BCUT2D eigenvalue weighted by molar-refractivity contribution is 5.33. The van der Waals surface area contributed by atoms with Crippen molar-refractivity contribution in [3.05, 3.63) is 18.3 Å². The van der Waals surface area contributed by atoms with Crippen LogP contribution in [0, 0.1) is 0 Å². The predicted octanol–water partition coefficient (Wildman–Crippen LogP) is 1.56. The van der Waals surface area contributed by atoms with Crippen molar-refractivity contribution in [2.24, 2.45) is 0 Å². The molecule has 0 amide bonds. The van der Waals surface area contributed by atoms with Crippen LogP contribution in [0.3, 0.4) is 0 Å². The molecule has 0 radical (unpaired) electrons. The van der Waals surface area contributed by atoms with Crippen LogP contribution in [0.2, 0.25) is 0 Å². The maximum atomic E-state index is 4.08. The predicted molar refractivity (Wildman–Crippen MR) is 63.3 cm³/mol. The minimum atomic E-state index is 0.443. The molecule has 1 saturated carbocycles. The summed E-state index contributed by atoms with van der Waals surface area (Å²) in [5.41, 5.74) is 0.443. The zero-order valence-corrected chi connectivity index (χ0v) is 9.45. The molecule has 1 aliphatic heterocycles. The van der Waals surface area contributed by atoms with Crippen molar-refractivity contribution in [1.82, 2.24) is 15.5 Å². The van der Waals surface area contributed by atoms with Crippen LogP contribution in [0.1, 0.15) is 32.1 Å². The van der Waals surface area contributed by atoms with E-state index in [0.29, 0.717) is 11.6 Å². The first-order valence-electron chi connectivity index (χ1n) is 6.16. The number of aromatic nitrogens is 2. The number of rotatable bonds is 2. The van der Waals surface area contributed by atoms with Crippen LogP contribution in [0.15, 0.2) is 18.3 Å². The third kappa shape index (κ3) is 1.89. The lowest BCUT2D eigenvalue weighted by molar-refractivity contribution is 0.135. The summed E-state index contributed by atoms with van der Waals surface area (Å²) in [5, 5.41) is 15.1. The van der Waals surface area contributed by atoms with Crippen molar-refractivity contribution in [3.8, 4) is 0 Å². The van der Waals surface area contributed by atoms with Gasteiger partial charge in [0.15, 0.2) is 0 Å². The molecule has 2 N–H and O–H groups in total. The fourth-order valence-electron chi connectivity index (χ4n) is 2.85. The molecular formula is C12H18N4. The highest BCUT2D eigenvalue weighted by Crippen LogP contribution is 2.38. The highest BCUT2D eigenvalue weighted by Gasteiger charge is 2.40. The van der Waals surface area contributed by atoms with Gasteiger partial charge in [-0.05, 0) is 50.8 Å². The van der Waals surface area contributed by atoms with Crippen LogP contribution in [0.25, 0.3) is 0 Å². The second-order valence-corrected chi connectivity index (χ2v) is 5.00. The maximum Gasteiger partial charge on any atom is 0.148 e. The van der Waals surface area contributed by atoms with Crippen LogP contribution in [-0.4, -0.2) is 28.3 Å². The summed E-state index contributed by atoms with van der Waals surface area (Å²) in [4.78, 5) is 0. The Morgan fingerprint density at radius 1 is 1.44 bits per heavy atom. The summed E-state index contributed by atoms with van der Waals surface area (Å²) >= 11 is 0. The number of piperidine rings is 1. The molecule has 0 aromatic carbocycles. The molecule has 2 fully saturated rings. The summed E-state index contributed by atoms with van der Waals surface area (Å²) in [6.45, 7) is 1.12. The molecule has 2 aliphatic rings. The number of nitrogens with one attached hydrogen (secondary N) is 2. The first kappa shape index (κ1) is 10.0. The van der Waals surface area contributed by atoms with E-state index in [0.717, 1.165) is 12.4 Å². The van der Waals surface area contributed by atoms with Crippen molar-refractivity contribution in [2.75, 3.05) is 11.9 Å². The van der Waals surface area contributed by atoms with E-state index >= 15 is 0 Å². The summed E-state index contributed by atoms with van der Waals surface area (Å²) in [6.07, 6.45) is 8.17. The Balaban J connectivity index is 1.63. The normalized spacial score (nSPS) is 27.4. The van der Waals surface area contributed by atoms with E-state index in [2.05, 4.69) is 20.8 Å². The van der Waals surface area contributed by atoms with Gasteiger partial charge in [0.05, 0.1) is 0 Å². The molecule has 4 nitrogen and oxygen atoms in total. The zero-order chi connectivity index (χ0) is 10.8. The number of hydrogen-bond acceptors (Lipinski definition) is 4. The van der Waals surface area contributed by atoms with Gasteiger partial charge in [-0.1, -0.05) is 0 Å². The molecule has 0 bridgehead atoms. The van der Waals surface area contributed by atoms with E-state index in [1.54, 1.807) is 6.20 Å². The van der Waals surface area contributed by atoms with Gasteiger partial charge < -0.3 is 10.6 Å². The monoisotopic (exact) mass is 218 g/mol. The lowest BCUT2D eigenvalue weighted by Gasteiger charge is -2.48. The van der Waals surface area contributed by atoms with Gasteiger partial charge in [-0.25, -0.2) is 0 Å². The fourth-order valence-corrected chi connectivity index (χ4v) is 2.85. The topological polar surface area (TPSA) is 49.8 Å². The molecule has 1 atom stereocenters. The van der Waals surface area contributed by atoms with Gasteiger partial charge in [-0.2, -0.15) is 5.10 Å². The molecule has 1 unspecified atom stereocenters. The van der Waals surface area contributed by atoms with Gasteiger partial charge in [0, 0.05) is 17.8 Å². The molecule has 16 heavy (non-hydrogen) atoms. The summed E-state index contributed by atoms with van der Waals surface area (Å²) in [7, 11) is 0. The quantitative estimate of drug-likeness (QED) is 0.791. The van der Waals surface area contributed by atoms with E-state index in [4.69, 9.17) is 0 Å². The molecule has 86 valence electrons. The fraction of sp³-hybridized carbons (Fsp3) is 0.667. The summed E-state index contributed by atoms with van der Waals surface area (Å²) in [5.74, 6) is 0.906. The molecule has 4 heteroatoms. The van der Waals surface area contributed by atoms with Crippen molar-refractivity contribution >= 4 is 5.82 Å². The average Bonchev–Trinajstić information content (AvgIpc) is 2.29. The molecule has 1 aromatic rings. The first-order valence-corrected chi connectivity index (χ1v) is 6.16. The van der Waals surface area contributed by atoms with Crippen LogP contribution >= 0.6 is 0 Å². The van der Waals surface area contributed by atoms with Gasteiger partial charge >= 0.3 is 0 Å². The van der Waals surface area contributed by atoms with Gasteiger partial charge in [-0.3, -0.25) is 0 Å². The zero-order valence-electron chi connectivity index (χ0n) is 9.45. The van der Waals surface area contributed by atoms with E-state index in [1.807, 2.05) is 12.1 Å². The Morgan fingerprint density at radius 3 is 3.06 bits per heavy atom. The van der Waals surface area contributed by atoms with Crippen LogP contribution < -0.4 is 10.6 Å². The third-order valence-corrected chi connectivity index (χ3v) is 3.86. The van der Waals surface area contributed by atoms with Crippen LogP contribution in [0.5, 0.6) is 0 Å². The smallest absolute Gasteiger partial charge is 0.148 e. The lowest BCUT2D eigenvalue weighted by Crippen LogP contribution is -2.58. The highest BCUT2D eigenvalue weighted by atomic mass is 15.2. The van der Waals surface area contributed by atoms with Gasteiger partial charge in [0.25, 0.3) is 0 Å². The van der Waals surface area contributed by atoms with E-state index < -0.39 is 0 Å². The Morgan fingerprint density at radius 2 is 2.38 bits per heavy atom. The van der Waals surface area contributed by atoms with Crippen molar-refractivity contribution < 1.29 is 0 Å². The summed E-state index contributed by atoms with van der Waals surface area (Å²) in [6, 6.07) is 4.47. The SMILES string of the molecule is c1cnnc(NC2CCNC3(CCC3)C2)c1. The molecule has 1 saturated heterocycles. The number of hydrogen-bond donors (Lipinski definition) is 2. The first-order chi connectivity index (χ1) is 7.86. The van der Waals surface area contributed by atoms with E-state index in [-0.39, 0.29) is 0 Å². The van der Waals surface area contributed by atoms with Crippen molar-refractivity contribution in [1.29, 1.82) is 0 Å². The maximum absolute atomic E-state index is 4.08. The van der Waals surface area contributed by atoms with Gasteiger partial charge in [0.1, 0.15) is 5.82 Å². The molecule has 1 spiro atoms. The summed E-state index contributed by atoms with van der Waals surface area (Å²) < 4.78 is 0. The van der Waals surface area contributed by atoms with Gasteiger partial charge in [0.2, 0.25) is 0 Å². The van der Waals surface area contributed by atoms with Gasteiger partial charge in [-0.15, -0.1) is 5.10 Å². The number of nitrogens with zero attached hydrogens (tertiary/aromatic N) is 2. The Labute approximate surface area is 95.8 Å². The van der Waals surface area contributed by atoms with Crippen molar-refractivity contribution in [2.45, 2.75) is 43.7 Å². The Kier molecular flexibility index (Phi) is 2.52. The third-order valence-electron chi connectivity index (χ3n) is 3.86. The Bertz CT molecular complexity index is 347. The average molecular weight is 218 g/mol. The molecule has 3 rings (SSSR count). The standard InChI is InChI=1S/C12H18N4/c1-3-11(16-14-7-1)15-10-4-8-13-12(9-10)5-2-6-12/h1,3,7,10,13H,2,4-6,8-9H2,(H,15,16). The van der Waals surface area contributed by atoms with E-state index in [1.165, 1.54) is 32.1 Å². The minimum Gasteiger partial charge on any atom is -0.366 e. The van der Waals surface area contributed by atoms with Crippen LogP contribution in [-0.2, 0) is 0 Å². The minimum absolute atomic E-state index is 0.443. The van der Waals surface area contributed by atoms with Crippen molar-refractivity contribution in [3.63, 3.8) is 0 Å². The molecule has 1 aromatic heterocycles. The second kappa shape index (κ2) is 4.01. The Hall–Kier alpha value is -1.16. The molecule has 1 aliphatic carbocycles. The van der Waals surface area contributed by atoms with E-state index in [9.17, 15) is 0 Å². The second-order valence-electron chi connectivity index (χ2n) is 5.00. The lowest BCUT2D eigenvalue weighted by atomic mass is 9.70. The molecular weight excluding hydrogens is 200 g/mol. The van der Waals surface area contributed by atoms with Crippen LogP contribution in [0.4, 0.5) is 5.82 Å². The number of anilines is 1. The largest absolute Gasteiger partial charge is 0.366 e. The molecule has 2 heterocycles.